The molecule has 7 nitrogen and oxygen atoms in total. The number of nitrogens with zero attached hydrogens (tertiary/aromatic N) is 5. The van der Waals surface area contributed by atoms with Crippen LogP contribution in [0.25, 0.3) is 16.9 Å². The van der Waals surface area contributed by atoms with Crippen molar-refractivity contribution < 1.29 is 4.79 Å². The second-order valence-electron chi connectivity index (χ2n) is 8.04. The Balaban J connectivity index is 1.60. The van der Waals surface area contributed by atoms with Crippen LogP contribution in [0.1, 0.15) is 42.5 Å². The number of aryl methyl sites for hydroxylation is 2. The van der Waals surface area contributed by atoms with Crippen molar-refractivity contribution in [2.75, 3.05) is 19.6 Å². The van der Waals surface area contributed by atoms with Gasteiger partial charge in [-0.05, 0) is 33.3 Å². The SMILES string of the molecule is CCc1nc(C)cn2cc(-c3ncc(C(=O)N4CCNC(C)(C)C4)cn3)cc12. The number of hydrogen-bond donors (Lipinski definition) is 1. The Labute approximate surface area is 164 Å². The molecule has 1 saturated heterocycles. The van der Waals surface area contributed by atoms with Crippen LogP contribution < -0.4 is 5.32 Å². The minimum absolute atomic E-state index is 0.0174. The minimum atomic E-state index is -0.0789. The second kappa shape index (κ2) is 6.98. The lowest BCUT2D eigenvalue weighted by Gasteiger charge is -2.39. The minimum Gasteiger partial charge on any atom is -0.335 e. The predicted octanol–water partition coefficient (Wildman–Crippen LogP) is 2.49. The highest BCUT2D eigenvalue weighted by atomic mass is 16.2. The van der Waals surface area contributed by atoms with Crippen LogP contribution in [0.2, 0.25) is 0 Å². The summed E-state index contributed by atoms with van der Waals surface area (Å²) in [6, 6.07) is 2.06. The summed E-state index contributed by atoms with van der Waals surface area (Å²) in [4.78, 5) is 28.2. The monoisotopic (exact) mass is 378 g/mol. The zero-order chi connectivity index (χ0) is 19.9. The fourth-order valence-electron chi connectivity index (χ4n) is 3.79. The maximum Gasteiger partial charge on any atom is 0.257 e. The Kier molecular flexibility index (Phi) is 4.63. The van der Waals surface area contributed by atoms with Crippen LogP contribution in [0.4, 0.5) is 0 Å². The average Bonchev–Trinajstić information content (AvgIpc) is 3.10. The van der Waals surface area contributed by atoms with Gasteiger partial charge in [-0.1, -0.05) is 6.92 Å². The van der Waals surface area contributed by atoms with Gasteiger partial charge < -0.3 is 14.6 Å². The summed E-state index contributed by atoms with van der Waals surface area (Å²) in [7, 11) is 0. The molecule has 1 fully saturated rings. The van der Waals surface area contributed by atoms with Crippen molar-refractivity contribution in [1.82, 2.24) is 29.6 Å². The normalized spacial score (nSPS) is 16.5. The number of rotatable bonds is 3. The van der Waals surface area contributed by atoms with Gasteiger partial charge in [0.05, 0.1) is 22.5 Å². The van der Waals surface area contributed by atoms with E-state index in [9.17, 15) is 4.79 Å². The van der Waals surface area contributed by atoms with E-state index in [-0.39, 0.29) is 11.4 Å². The molecule has 3 aromatic rings. The summed E-state index contributed by atoms with van der Waals surface area (Å²) < 4.78 is 2.07. The lowest BCUT2D eigenvalue weighted by Crippen LogP contribution is -2.58. The summed E-state index contributed by atoms with van der Waals surface area (Å²) in [6.07, 6.45) is 8.14. The van der Waals surface area contributed by atoms with E-state index in [2.05, 4.69) is 51.5 Å². The number of amides is 1. The van der Waals surface area contributed by atoms with E-state index < -0.39 is 0 Å². The molecule has 0 spiro atoms. The number of carbonyl (C=O) groups is 1. The molecule has 4 rings (SSSR count). The largest absolute Gasteiger partial charge is 0.335 e. The molecule has 3 aromatic heterocycles. The van der Waals surface area contributed by atoms with Crippen LogP contribution in [0.5, 0.6) is 0 Å². The highest BCUT2D eigenvalue weighted by Gasteiger charge is 2.29. The Hall–Kier alpha value is -2.80. The molecule has 1 amide bonds. The van der Waals surface area contributed by atoms with Crippen molar-refractivity contribution >= 4 is 11.4 Å². The fourth-order valence-corrected chi connectivity index (χ4v) is 3.79. The van der Waals surface area contributed by atoms with Crippen molar-refractivity contribution in [1.29, 1.82) is 0 Å². The zero-order valence-electron chi connectivity index (χ0n) is 16.9. The van der Waals surface area contributed by atoms with Crippen LogP contribution in [0, 0.1) is 6.92 Å². The third-order valence-electron chi connectivity index (χ3n) is 5.13. The van der Waals surface area contributed by atoms with E-state index in [0.29, 0.717) is 24.5 Å². The van der Waals surface area contributed by atoms with E-state index in [1.165, 1.54) is 0 Å². The van der Waals surface area contributed by atoms with Gasteiger partial charge in [0.15, 0.2) is 5.82 Å². The van der Waals surface area contributed by atoms with Gasteiger partial charge in [0.2, 0.25) is 0 Å². The van der Waals surface area contributed by atoms with Gasteiger partial charge in [-0.15, -0.1) is 0 Å². The molecule has 0 atom stereocenters. The van der Waals surface area contributed by atoms with Crippen LogP contribution >= 0.6 is 0 Å². The topological polar surface area (TPSA) is 75.4 Å². The van der Waals surface area contributed by atoms with E-state index in [4.69, 9.17) is 0 Å². The van der Waals surface area contributed by atoms with Crippen molar-refractivity contribution in [3.8, 4) is 11.4 Å². The molecule has 1 N–H and O–H groups in total. The molecule has 1 aliphatic heterocycles. The number of carbonyl (C=O) groups excluding carboxylic acids is 1. The Morgan fingerprint density at radius 3 is 2.68 bits per heavy atom. The van der Waals surface area contributed by atoms with Crippen molar-refractivity contribution in [2.24, 2.45) is 0 Å². The number of piperazine rings is 1. The molecule has 1 aliphatic rings. The molecule has 0 bridgehead atoms. The van der Waals surface area contributed by atoms with Crippen molar-refractivity contribution in [2.45, 2.75) is 39.7 Å². The van der Waals surface area contributed by atoms with Gasteiger partial charge in [-0.2, -0.15) is 0 Å². The van der Waals surface area contributed by atoms with E-state index in [1.54, 1.807) is 12.4 Å². The molecule has 0 aliphatic carbocycles. The number of hydrogen-bond acceptors (Lipinski definition) is 5. The maximum atomic E-state index is 12.8. The maximum absolute atomic E-state index is 12.8. The molecule has 28 heavy (non-hydrogen) atoms. The molecule has 146 valence electrons. The highest BCUT2D eigenvalue weighted by molar-refractivity contribution is 5.94. The first-order valence-corrected chi connectivity index (χ1v) is 9.71. The van der Waals surface area contributed by atoms with Crippen LogP contribution in [0.15, 0.2) is 30.9 Å². The first-order valence-electron chi connectivity index (χ1n) is 9.71. The lowest BCUT2D eigenvalue weighted by molar-refractivity contribution is 0.0651. The van der Waals surface area contributed by atoms with Gasteiger partial charge in [0.1, 0.15) is 0 Å². The molecule has 7 heteroatoms. The standard InChI is InChI=1S/C21H26N6O/c1-5-17-18-8-15(12-27(18)11-14(2)25-17)19-22-9-16(10-23-19)20(28)26-7-6-24-21(3,4)13-26/h8-12,24H,5-7,13H2,1-4H3. The molecule has 0 radical (unpaired) electrons. The third-order valence-corrected chi connectivity index (χ3v) is 5.13. The highest BCUT2D eigenvalue weighted by Crippen LogP contribution is 2.22. The van der Waals surface area contributed by atoms with Gasteiger partial charge in [-0.25, -0.2) is 9.97 Å². The predicted molar refractivity (Wildman–Crippen MR) is 108 cm³/mol. The molecular formula is C21H26N6O. The smallest absolute Gasteiger partial charge is 0.257 e. The fraction of sp³-hybridized carbons (Fsp3) is 0.429. The van der Waals surface area contributed by atoms with Crippen LogP contribution in [0.3, 0.4) is 0 Å². The van der Waals surface area contributed by atoms with Crippen LogP contribution in [-0.4, -0.2) is 55.3 Å². The Bertz CT molecular complexity index is 1020. The summed E-state index contributed by atoms with van der Waals surface area (Å²) in [5, 5.41) is 3.42. The molecule has 0 aromatic carbocycles. The second-order valence-corrected chi connectivity index (χ2v) is 8.04. The lowest BCUT2D eigenvalue weighted by atomic mass is 10.0. The number of nitrogens with one attached hydrogen (secondary N) is 1. The van der Waals surface area contributed by atoms with Gasteiger partial charge in [-0.3, -0.25) is 9.78 Å². The summed E-state index contributed by atoms with van der Waals surface area (Å²) in [6.45, 7) is 10.5. The molecule has 0 saturated carbocycles. The van der Waals surface area contributed by atoms with E-state index in [1.807, 2.05) is 24.2 Å². The molecule has 0 unspecified atom stereocenters. The van der Waals surface area contributed by atoms with Crippen molar-refractivity contribution in [3.63, 3.8) is 0 Å². The van der Waals surface area contributed by atoms with Crippen molar-refractivity contribution in [3.05, 3.63) is 47.8 Å². The van der Waals surface area contributed by atoms with Gasteiger partial charge in [0.25, 0.3) is 5.91 Å². The summed E-state index contributed by atoms with van der Waals surface area (Å²) in [5.74, 6) is 0.594. The van der Waals surface area contributed by atoms with Crippen LogP contribution in [-0.2, 0) is 6.42 Å². The zero-order valence-corrected chi connectivity index (χ0v) is 16.9. The first-order chi connectivity index (χ1) is 13.4. The van der Waals surface area contributed by atoms with E-state index in [0.717, 1.165) is 35.4 Å². The third kappa shape index (κ3) is 3.49. The van der Waals surface area contributed by atoms with Gasteiger partial charge >= 0.3 is 0 Å². The Morgan fingerprint density at radius 2 is 2.00 bits per heavy atom. The quantitative estimate of drug-likeness (QED) is 0.758. The Morgan fingerprint density at radius 1 is 1.25 bits per heavy atom. The average molecular weight is 378 g/mol. The van der Waals surface area contributed by atoms with Gasteiger partial charge in [0, 0.05) is 55.5 Å². The first kappa shape index (κ1) is 18.6. The van der Waals surface area contributed by atoms with E-state index >= 15 is 0 Å². The number of fused-ring (bicyclic) bond motifs is 1. The summed E-state index contributed by atoms with van der Waals surface area (Å²) in [5.41, 5.74) is 4.47. The molecule has 4 heterocycles. The molecular weight excluding hydrogens is 352 g/mol. The summed E-state index contributed by atoms with van der Waals surface area (Å²) >= 11 is 0. The number of aromatic nitrogens is 4.